The third kappa shape index (κ3) is 3.04. The smallest absolute Gasteiger partial charge is 0.243 e. The predicted octanol–water partition coefficient (Wildman–Crippen LogP) is 0.0487. The predicted molar refractivity (Wildman–Crippen MR) is 83.3 cm³/mol. The number of benzene rings is 1. The van der Waals surface area contributed by atoms with Crippen LogP contribution in [0.1, 0.15) is 12.8 Å². The molecule has 0 spiro atoms. The van der Waals surface area contributed by atoms with E-state index in [0.717, 1.165) is 17.1 Å². The second-order valence-electron chi connectivity index (χ2n) is 5.41. The van der Waals surface area contributed by atoms with Crippen molar-refractivity contribution in [2.75, 3.05) is 27.2 Å². The van der Waals surface area contributed by atoms with Crippen molar-refractivity contribution >= 4 is 20.0 Å². The topological polar surface area (TPSA) is 101 Å². The Balaban J connectivity index is 2.46. The van der Waals surface area contributed by atoms with Gasteiger partial charge in [0.15, 0.2) is 0 Å². The summed E-state index contributed by atoms with van der Waals surface area (Å²) in [5.74, 6) is 0. The van der Waals surface area contributed by atoms with Crippen LogP contribution in [0.3, 0.4) is 0 Å². The molecule has 1 aliphatic heterocycles. The summed E-state index contributed by atoms with van der Waals surface area (Å²) < 4.78 is 52.2. The summed E-state index contributed by atoms with van der Waals surface area (Å²) in [6, 6.07) is 5.22. The van der Waals surface area contributed by atoms with Crippen molar-refractivity contribution in [2.45, 2.75) is 28.7 Å². The highest BCUT2D eigenvalue weighted by Gasteiger charge is 2.35. The molecule has 22 heavy (non-hydrogen) atoms. The lowest BCUT2D eigenvalue weighted by Gasteiger charge is -2.23. The Kier molecular flexibility index (Phi) is 4.93. The molecule has 0 radical (unpaired) electrons. The third-order valence-electron chi connectivity index (χ3n) is 3.79. The maximum absolute atomic E-state index is 12.7. The van der Waals surface area contributed by atoms with Gasteiger partial charge >= 0.3 is 0 Å². The van der Waals surface area contributed by atoms with Gasteiger partial charge in [-0.3, -0.25) is 0 Å². The molecule has 1 aliphatic rings. The van der Waals surface area contributed by atoms with E-state index in [0.29, 0.717) is 6.54 Å². The molecule has 7 nitrogen and oxygen atoms in total. The molecule has 1 unspecified atom stereocenters. The van der Waals surface area contributed by atoms with Gasteiger partial charge in [-0.2, -0.15) is 4.31 Å². The molecule has 0 bridgehead atoms. The molecule has 124 valence electrons. The van der Waals surface area contributed by atoms with E-state index in [2.05, 4.69) is 0 Å². The minimum atomic E-state index is -3.74. The molecule has 9 heteroatoms. The summed E-state index contributed by atoms with van der Waals surface area (Å²) in [5.41, 5.74) is 5.63. The van der Waals surface area contributed by atoms with Gasteiger partial charge in [0.1, 0.15) is 0 Å². The van der Waals surface area contributed by atoms with Gasteiger partial charge in [0, 0.05) is 33.2 Å². The zero-order chi connectivity index (χ0) is 16.5. The van der Waals surface area contributed by atoms with Gasteiger partial charge in [-0.05, 0) is 31.0 Å². The zero-order valence-corrected chi connectivity index (χ0v) is 14.3. The van der Waals surface area contributed by atoms with Gasteiger partial charge in [-0.25, -0.2) is 21.1 Å². The molecule has 1 aromatic rings. The lowest BCUT2D eigenvalue weighted by molar-refractivity contribution is 0.393. The third-order valence-corrected chi connectivity index (χ3v) is 7.54. The Morgan fingerprint density at radius 3 is 2.45 bits per heavy atom. The van der Waals surface area contributed by atoms with Crippen molar-refractivity contribution in [1.82, 2.24) is 8.61 Å². The van der Waals surface area contributed by atoms with Gasteiger partial charge in [0.05, 0.1) is 9.79 Å². The molecule has 1 atom stereocenters. The summed E-state index contributed by atoms with van der Waals surface area (Å²) >= 11 is 0. The summed E-state index contributed by atoms with van der Waals surface area (Å²) in [4.78, 5) is -0.0576. The van der Waals surface area contributed by atoms with Crippen LogP contribution in [0.4, 0.5) is 0 Å². The quantitative estimate of drug-likeness (QED) is 0.811. The number of sulfonamides is 2. The van der Waals surface area contributed by atoms with E-state index < -0.39 is 20.0 Å². The molecule has 0 aliphatic carbocycles. The molecular weight excluding hydrogens is 326 g/mol. The zero-order valence-electron chi connectivity index (χ0n) is 12.6. The van der Waals surface area contributed by atoms with Crippen LogP contribution in [0.5, 0.6) is 0 Å². The van der Waals surface area contributed by atoms with Crippen LogP contribution >= 0.6 is 0 Å². The second-order valence-corrected chi connectivity index (χ2v) is 9.45. The highest BCUT2D eigenvalue weighted by atomic mass is 32.2. The van der Waals surface area contributed by atoms with Gasteiger partial charge < -0.3 is 5.73 Å². The Labute approximate surface area is 131 Å². The van der Waals surface area contributed by atoms with Gasteiger partial charge in [0.25, 0.3) is 0 Å². The molecule has 1 heterocycles. The average Bonchev–Trinajstić information content (AvgIpc) is 2.96. The van der Waals surface area contributed by atoms with E-state index in [9.17, 15) is 16.8 Å². The first kappa shape index (κ1) is 17.4. The number of hydrogen-bond donors (Lipinski definition) is 1. The highest BCUT2D eigenvalue weighted by molar-refractivity contribution is 7.90. The fraction of sp³-hybridized carbons (Fsp3) is 0.538. The first-order valence-electron chi connectivity index (χ1n) is 6.96. The van der Waals surface area contributed by atoms with E-state index in [1.54, 1.807) is 0 Å². The normalized spacial score (nSPS) is 20.6. The lowest BCUT2D eigenvalue weighted by Crippen LogP contribution is -2.39. The van der Waals surface area contributed by atoms with Crippen LogP contribution in [-0.2, 0) is 20.0 Å². The van der Waals surface area contributed by atoms with Crippen molar-refractivity contribution in [2.24, 2.45) is 5.73 Å². The Morgan fingerprint density at radius 1 is 1.23 bits per heavy atom. The summed E-state index contributed by atoms with van der Waals surface area (Å²) in [7, 11) is -4.61. The molecule has 2 rings (SSSR count). The van der Waals surface area contributed by atoms with Crippen LogP contribution in [0.15, 0.2) is 34.1 Å². The minimum Gasteiger partial charge on any atom is -0.329 e. The van der Waals surface area contributed by atoms with Crippen LogP contribution in [0, 0.1) is 0 Å². The van der Waals surface area contributed by atoms with Crippen molar-refractivity contribution in [3.05, 3.63) is 24.3 Å². The summed E-state index contributed by atoms with van der Waals surface area (Å²) in [5, 5.41) is 0. The Bertz CT molecular complexity index is 744. The van der Waals surface area contributed by atoms with Crippen molar-refractivity contribution in [3.8, 4) is 0 Å². The molecular formula is C13H21N3O4S2. The first-order chi connectivity index (χ1) is 10.2. The molecule has 1 saturated heterocycles. The fourth-order valence-corrected chi connectivity index (χ4v) is 5.28. The number of hydrogen-bond acceptors (Lipinski definition) is 5. The molecule has 0 aromatic heterocycles. The maximum Gasteiger partial charge on any atom is 0.243 e. The second kappa shape index (κ2) is 6.25. The molecule has 2 N–H and O–H groups in total. The van der Waals surface area contributed by atoms with E-state index in [1.165, 1.54) is 42.7 Å². The molecule has 1 aromatic carbocycles. The molecule has 0 saturated carbocycles. The standard InChI is InChI=1S/C13H21N3O4S2/c1-15(2)21(17,18)12-6-3-7-13(9-12)22(19,20)16-8-4-5-11(16)10-14/h3,6-7,9,11H,4-5,8,10,14H2,1-2H3. The van der Waals surface area contributed by atoms with E-state index in [-0.39, 0.29) is 22.4 Å². The van der Waals surface area contributed by atoms with E-state index in [1.807, 2.05) is 0 Å². The van der Waals surface area contributed by atoms with Crippen LogP contribution in [0.25, 0.3) is 0 Å². The van der Waals surface area contributed by atoms with Crippen LogP contribution in [-0.4, -0.2) is 58.7 Å². The van der Waals surface area contributed by atoms with Crippen LogP contribution < -0.4 is 5.73 Å². The summed E-state index contributed by atoms with van der Waals surface area (Å²) in [6.45, 7) is 0.670. The molecule has 1 fully saturated rings. The number of nitrogens with two attached hydrogens (primary N) is 1. The average molecular weight is 347 g/mol. The fourth-order valence-electron chi connectivity index (χ4n) is 2.50. The highest BCUT2D eigenvalue weighted by Crippen LogP contribution is 2.27. The van der Waals surface area contributed by atoms with Gasteiger partial charge in [-0.15, -0.1) is 0 Å². The number of nitrogens with zero attached hydrogens (tertiary/aromatic N) is 2. The Morgan fingerprint density at radius 2 is 1.86 bits per heavy atom. The largest absolute Gasteiger partial charge is 0.329 e. The van der Waals surface area contributed by atoms with E-state index >= 15 is 0 Å². The van der Waals surface area contributed by atoms with Crippen molar-refractivity contribution in [3.63, 3.8) is 0 Å². The maximum atomic E-state index is 12.7. The first-order valence-corrected chi connectivity index (χ1v) is 9.84. The monoisotopic (exact) mass is 347 g/mol. The van der Waals surface area contributed by atoms with Crippen molar-refractivity contribution < 1.29 is 16.8 Å². The summed E-state index contributed by atoms with van der Waals surface area (Å²) in [6.07, 6.45) is 1.49. The van der Waals surface area contributed by atoms with Gasteiger partial charge in [-0.1, -0.05) is 6.07 Å². The Hall–Kier alpha value is -1.00. The SMILES string of the molecule is CN(C)S(=O)(=O)c1cccc(S(=O)(=O)N2CCCC2CN)c1. The van der Waals surface area contributed by atoms with Crippen LogP contribution in [0.2, 0.25) is 0 Å². The molecule has 0 amide bonds. The van der Waals surface area contributed by atoms with Crippen molar-refractivity contribution in [1.29, 1.82) is 0 Å². The van der Waals surface area contributed by atoms with E-state index in [4.69, 9.17) is 5.73 Å². The van der Waals surface area contributed by atoms with Gasteiger partial charge in [0.2, 0.25) is 20.0 Å². The minimum absolute atomic E-state index is 0.0178. The lowest BCUT2D eigenvalue weighted by atomic mass is 10.2. The number of rotatable bonds is 5.